The van der Waals surface area contributed by atoms with Crippen molar-refractivity contribution in [1.82, 2.24) is 9.55 Å². The highest BCUT2D eigenvalue weighted by Crippen LogP contribution is 2.25. The summed E-state index contributed by atoms with van der Waals surface area (Å²) in [5.74, 6) is 1.14. The van der Waals surface area contributed by atoms with Gasteiger partial charge in [-0.1, -0.05) is 54.1 Å². The van der Waals surface area contributed by atoms with E-state index in [1.165, 1.54) is 4.57 Å². The number of hydrogen-bond acceptors (Lipinski definition) is 4. The first-order valence-corrected chi connectivity index (χ1v) is 10.1. The maximum absolute atomic E-state index is 12.4. The van der Waals surface area contributed by atoms with E-state index in [1.54, 1.807) is 36.4 Å². The fourth-order valence-electron chi connectivity index (χ4n) is 3.07. The number of aromatic hydroxyl groups is 1. The molecule has 0 aliphatic heterocycles. The van der Waals surface area contributed by atoms with Crippen LogP contribution in [0.4, 0.5) is 0 Å². The number of aromatic amines is 1. The van der Waals surface area contributed by atoms with Gasteiger partial charge in [-0.15, -0.1) is 0 Å². The monoisotopic (exact) mass is 428 g/mol. The van der Waals surface area contributed by atoms with Crippen LogP contribution in [0.3, 0.4) is 0 Å². The van der Waals surface area contributed by atoms with Crippen molar-refractivity contribution in [1.29, 1.82) is 0 Å². The number of nitrogens with one attached hydrogen (secondary N) is 1. The van der Waals surface area contributed by atoms with Crippen LogP contribution < -0.4 is 10.3 Å². The fourth-order valence-corrected chi connectivity index (χ4v) is 3.36. The van der Waals surface area contributed by atoms with Gasteiger partial charge in [0.15, 0.2) is 4.77 Å². The second kappa shape index (κ2) is 8.85. The molecule has 0 aliphatic rings. The lowest BCUT2D eigenvalue weighted by atomic mass is 10.1. The molecule has 154 valence electrons. The highest BCUT2D eigenvalue weighted by Gasteiger charge is 2.12. The first-order chi connectivity index (χ1) is 15.0. The van der Waals surface area contributed by atoms with Crippen molar-refractivity contribution < 1.29 is 9.84 Å². The number of aryl methyl sites for hydroxylation is 1. The number of H-pyrrole nitrogens is 1. The quantitative estimate of drug-likeness (QED) is 0.390. The molecule has 1 aromatic heterocycles. The summed E-state index contributed by atoms with van der Waals surface area (Å²) in [7, 11) is 0. The molecule has 0 atom stereocenters. The van der Waals surface area contributed by atoms with Crippen LogP contribution in [-0.4, -0.2) is 14.7 Å². The molecule has 0 aliphatic carbocycles. The van der Waals surface area contributed by atoms with E-state index in [2.05, 4.69) is 4.98 Å². The van der Waals surface area contributed by atoms with Gasteiger partial charge in [-0.3, -0.25) is 14.3 Å². The van der Waals surface area contributed by atoms with Gasteiger partial charge in [0.05, 0.1) is 5.69 Å². The molecule has 0 amide bonds. The Balaban J connectivity index is 1.67. The van der Waals surface area contributed by atoms with Crippen molar-refractivity contribution in [2.75, 3.05) is 0 Å². The Hall–Kier alpha value is -3.90. The van der Waals surface area contributed by atoms with E-state index in [-0.39, 0.29) is 16.2 Å². The van der Waals surface area contributed by atoms with Crippen molar-refractivity contribution in [2.24, 2.45) is 0 Å². The lowest BCUT2D eigenvalue weighted by Crippen LogP contribution is -2.15. The van der Waals surface area contributed by atoms with Crippen molar-refractivity contribution in [3.05, 3.63) is 111 Å². The van der Waals surface area contributed by atoms with Crippen molar-refractivity contribution in [3.63, 3.8) is 0 Å². The van der Waals surface area contributed by atoms with Crippen LogP contribution in [0.2, 0.25) is 0 Å². The molecule has 3 aromatic carbocycles. The molecule has 5 nitrogen and oxygen atoms in total. The molecule has 0 unspecified atom stereocenters. The Labute approximate surface area is 184 Å². The minimum Gasteiger partial charge on any atom is -0.494 e. The zero-order valence-corrected chi connectivity index (χ0v) is 17.6. The summed E-state index contributed by atoms with van der Waals surface area (Å²) in [6.45, 7) is 2.01. The Kier molecular flexibility index (Phi) is 5.82. The van der Waals surface area contributed by atoms with Gasteiger partial charge in [0, 0.05) is 0 Å². The number of hydrogen-bond donors (Lipinski definition) is 2. The minimum atomic E-state index is -0.453. The summed E-state index contributed by atoms with van der Waals surface area (Å²) in [4.78, 5) is 15.0. The molecule has 0 fully saturated rings. The smallest absolute Gasteiger partial charge is 0.262 e. The Morgan fingerprint density at radius 2 is 1.55 bits per heavy atom. The summed E-state index contributed by atoms with van der Waals surface area (Å²) < 4.78 is 7.32. The van der Waals surface area contributed by atoms with E-state index in [9.17, 15) is 9.90 Å². The topological polar surface area (TPSA) is 67.2 Å². The van der Waals surface area contributed by atoms with Crippen molar-refractivity contribution in [3.8, 4) is 23.1 Å². The molecule has 0 spiro atoms. The maximum atomic E-state index is 12.4. The van der Waals surface area contributed by atoms with Crippen LogP contribution in [0, 0.1) is 11.7 Å². The molecule has 0 bridgehead atoms. The third-order valence-corrected chi connectivity index (χ3v) is 5.00. The van der Waals surface area contributed by atoms with Gasteiger partial charge in [0.25, 0.3) is 5.56 Å². The molecule has 2 N–H and O–H groups in total. The molecule has 6 heteroatoms. The normalized spacial score (nSPS) is 11.0. The highest BCUT2D eigenvalue weighted by molar-refractivity contribution is 7.71. The Morgan fingerprint density at radius 1 is 0.903 bits per heavy atom. The number of nitrogens with zero attached hydrogens (tertiary/aromatic N) is 1. The highest BCUT2D eigenvalue weighted by atomic mass is 32.1. The summed E-state index contributed by atoms with van der Waals surface area (Å²) in [5, 5.41) is 10.8. The average molecular weight is 429 g/mol. The minimum absolute atomic E-state index is 0.103. The van der Waals surface area contributed by atoms with Gasteiger partial charge >= 0.3 is 0 Å². The van der Waals surface area contributed by atoms with E-state index in [0.29, 0.717) is 11.4 Å². The summed E-state index contributed by atoms with van der Waals surface area (Å²) >= 11 is 5.29. The fraction of sp³-hybridized carbons (Fsp3) is 0.0400. The Morgan fingerprint density at radius 3 is 2.23 bits per heavy atom. The second-order valence-corrected chi connectivity index (χ2v) is 7.37. The van der Waals surface area contributed by atoms with Gasteiger partial charge in [-0.25, -0.2) is 0 Å². The van der Waals surface area contributed by atoms with E-state index in [1.807, 2.05) is 61.5 Å². The van der Waals surface area contributed by atoms with Crippen LogP contribution in [0.5, 0.6) is 17.4 Å². The lowest BCUT2D eigenvalue weighted by Gasteiger charge is -2.12. The molecule has 0 saturated heterocycles. The van der Waals surface area contributed by atoms with E-state index < -0.39 is 5.56 Å². The number of rotatable bonds is 5. The van der Waals surface area contributed by atoms with Crippen LogP contribution in [0.1, 0.15) is 16.7 Å². The lowest BCUT2D eigenvalue weighted by molar-refractivity contribution is 0.431. The SMILES string of the molecule is Cc1ccc(C=Cc2c(O)n(-c3ccc(Oc4ccccc4)cc3)c(=S)[nH]c2=O)cc1. The Bertz CT molecular complexity index is 1340. The number of aromatic nitrogens is 2. The first-order valence-electron chi connectivity index (χ1n) is 9.68. The first kappa shape index (κ1) is 20.4. The van der Waals surface area contributed by atoms with Crippen LogP contribution >= 0.6 is 12.2 Å². The summed E-state index contributed by atoms with van der Waals surface area (Å²) in [5.41, 5.74) is 2.33. The van der Waals surface area contributed by atoms with Crippen molar-refractivity contribution in [2.45, 2.75) is 6.92 Å². The molecular weight excluding hydrogens is 408 g/mol. The summed E-state index contributed by atoms with van der Waals surface area (Å²) in [6.07, 6.45) is 3.35. The van der Waals surface area contributed by atoms with Gasteiger partial charge in [0.1, 0.15) is 17.1 Å². The molecule has 0 saturated carbocycles. The van der Waals surface area contributed by atoms with Crippen LogP contribution in [-0.2, 0) is 0 Å². The van der Waals surface area contributed by atoms with E-state index >= 15 is 0 Å². The van der Waals surface area contributed by atoms with E-state index in [0.717, 1.165) is 16.9 Å². The average Bonchev–Trinajstić information content (AvgIpc) is 2.76. The van der Waals surface area contributed by atoms with Crippen LogP contribution in [0.15, 0.2) is 83.7 Å². The molecule has 4 rings (SSSR count). The molecule has 31 heavy (non-hydrogen) atoms. The number of ether oxygens (including phenoxy) is 1. The third-order valence-electron chi connectivity index (χ3n) is 4.71. The van der Waals surface area contributed by atoms with Crippen molar-refractivity contribution >= 4 is 24.4 Å². The largest absolute Gasteiger partial charge is 0.494 e. The van der Waals surface area contributed by atoms with Gasteiger partial charge in [-0.2, -0.15) is 0 Å². The third kappa shape index (κ3) is 4.65. The summed E-state index contributed by atoms with van der Waals surface area (Å²) in [6, 6.07) is 24.4. The molecule has 1 heterocycles. The zero-order chi connectivity index (χ0) is 21.8. The van der Waals surface area contributed by atoms with Crippen LogP contribution in [0.25, 0.3) is 17.8 Å². The number of benzene rings is 3. The van der Waals surface area contributed by atoms with E-state index in [4.69, 9.17) is 17.0 Å². The van der Waals surface area contributed by atoms with Gasteiger partial charge in [-0.05, 0) is 67.2 Å². The second-order valence-electron chi connectivity index (χ2n) is 6.99. The zero-order valence-electron chi connectivity index (χ0n) is 16.8. The molecular formula is C25H20N2O3S. The standard InChI is InChI=1S/C25H20N2O3S/c1-17-7-9-18(10-8-17)11-16-22-23(28)26-25(31)27(24(22)29)19-12-14-21(15-13-19)30-20-5-3-2-4-6-20/h2-16,29H,1H3,(H,26,28,31). The number of para-hydroxylation sites is 1. The molecule has 0 radical (unpaired) electrons. The van der Waals surface area contributed by atoms with Gasteiger partial charge in [0.2, 0.25) is 5.88 Å². The molecule has 4 aromatic rings. The predicted molar refractivity (Wildman–Crippen MR) is 126 cm³/mol. The maximum Gasteiger partial charge on any atom is 0.262 e. The predicted octanol–water partition coefficient (Wildman–Crippen LogP) is 5.87. The van der Waals surface area contributed by atoms with Gasteiger partial charge < -0.3 is 9.84 Å².